The summed E-state index contributed by atoms with van der Waals surface area (Å²) in [5, 5.41) is 0. The Kier molecular flexibility index (Phi) is 4.37. The molecule has 0 aromatic carbocycles. The topological polar surface area (TPSA) is 0 Å². The molecule has 9 heavy (non-hydrogen) atoms. The molecule has 0 rings (SSSR count). The van der Waals surface area contributed by atoms with Gasteiger partial charge >= 0.3 is 0 Å². The number of hydrogen-bond acceptors (Lipinski definition) is 0. The van der Waals surface area contributed by atoms with Gasteiger partial charge in [-0.1, -0.05) is 26.0 Å². The summed E-state index contributed by atoms with van der Waals surface area (Å²) >= 11 is 0. The zero-order valence-electron chi connectivity index (χ0n) is 6.39. The Labute approximate surface area is 56.8 Å². The molecule has 54 valence electrons. The van der Waals surface area contributed by atoms with Crippen LogP contribution in [0.5, 0.6) is 0 Å². The molecule has 1 unspecified atom stereocenters. The van der Waals surface area contributed by atoms with E-state index >= 15 is 0 Å². The first kappa shape index (κ1) is 8.67. The molecule has 1 atom stereocenters. The highest BCUT2D eigenvalue weighted by molar-refractivity contribution is 4.85. The summed E-state index contributed by atoms with van der Waals surface area (Å²) in [5.41, 5.74) is 0. The van der Waals surface area contributed by atoms with E-state index in [1.807, 2.05) is 12.2 Å². The van der Waals surface area contributed by atoms with E-state index in [0.717, 1.165) is 0 Å². The Morgan fingerprint density at radius 1 is 1.33 bits per heavy atom. The highest BCUT2D eigenvalue weighted by atomic mass is 19.1. The summed E-state index contributed by atoms with van der Waals surface area (Å²) in [6, 6.07) is 0. The van der Waals surface area contributed by atoms with Gasteiger partial charge in [0.05, 0.1) is 0 Å². The van der Waals surface area contributed by atoms with Crippen LogP contribution in [0, 0.1) is 5.92 Å². The van der Waals surface area contributed by atoms with Crippen LogP contribution >= 0.6 is 0 Å². The molecule has 0 aromatic heterocycles. The van der Waals surface area contributed by atoms with E-state index in [0.29, 0.717) is 12.3 Å². The van der Waals surface area contributed by atoms with E-state index in [4.69, 9.17) is 0 Å². The Morgan fingerprint density at radius 3 is 2.22 bits per heavy atom. The molecule has 0 bridgehead atoms. The molecule has 0 heterocycles. The lowest BCUT2D eigenvalue weighted by molar-refractivity contribution is 0.365. The average Bonchev–Trinajstić information content (AvgIpc) is 1.63. The molecule has 0 radical (unpaired) electrons. The molecule has 0 N–H and O–H groups in total. The summed E-state index contributed by atoms with van der Waals surface area (Å²) in [7, 11) is 0. The summed E-state index contributed by atoms with van der Waals surface area (Å²) in [4.78, 5) is 0. The summed E-state index contributed by atoms with van der Waals surface area (Å²) in [6.07, 6.45) is 3.78. The third-order valence-corrected chi connectivity index (χ3v) is 0.982. The van der Waals surface area contributed by atoms with E-state index in [9.17, 15) is 4.39 Å². The number of halogens is 1. The van der Waals surface area contributed by atoms with Gasteiger partial charge in [0.25, 0.3) is 0 Å². The second-order valence-corrected chi connectivity index (χ2v) is 2.69. The molecule has 0 aromatic rings. The van der Waals surface area contributed by atoms with Crippen molar-refractivity contribution in [1.82, 2.24) is 0 Å². The van der Waals surface area contributed by atoms with Gasteiger partial charge in [-0.25, -0.2) is 4.39 Å². The maximum absolute atomic E-state index is 12.1. The average molecular weight is 130 g/mol. The standard InChI is InChI=1S/C8H15F/c1-7(2)5-4-6-8(3)9/h4-5,7-8H,6H2,1-3H3/b5-4-. The van der Waals surface area contributed by atoms with E-state index in [-0.39, 0.29) is 0 Å². The van der Waals surface area contributed by atoms with E-state index in [2.05, 4.69) is 13.8 Å². The fourth-order valence-corrected chi connectivity index (χ4v) is 0.538. The molecule has 0 amide bonds. The van der Waals surface area contributed by atoms with Gasteiger partial charge in [0.15, 0.2) is 0 Å². The summed E-state index contributed by atoms with van der Waals surface area (Å²) in [5.74, 6) is 0.545. The maximum atomic E-state index is 12.1. The quantitative estimate of drug-likeness (QED) is 0.515. The smallest absolute Gasteiger partial charge is 0.101 e. The minimum atomic E-state index is -0.694. The SMILES string of the molecule is CC(C)/C=C\CC(C)F. The highest BCUT2D eigenvalue weighted by Gasteiger charge is 1.91. The largest absolute Gasteiger partial charge is 0.247 e. The first-order chi connectivity index (χ1) is 4.13. The predicted molar refractivity (Wildman–Crippen MR) is 39.2 cm³/mol. The van der Waals surface area contributed by atoms with Crippen molar-refractivity contribution in [3.05, 3.63) is 12.2 Å². The fraction of sp³-hybridized carbons (Fsp3) is 0.750. The number of hydrogen-bond donors (Lipinski definition) is 0. The molecule has 0 spiro atoms. The number of allylic oxidation sites excluding steroid dienone is 2. The van der Waals surface area contributed by atoms with Gasteiger partial charge in [0, 0.05) is 0 Å². The highest BCUT2D eigenvalue weighted by Crippen LogP contribution is 2.00. The summed E-state index contributed by atoms with van der Waals surface area (Å²) in [6.45, 7) is 5.74. The van der Waals surface area contributed by atoms with E-state index in [1.165, 1.54) is 0 Å². The van der Waals surface area contributed by atoms with Gasteiger partial charge in [-0.2, -0.15) is 0 Å². The van der Waals surface area contributed by atoms with Crippen LogP contribution in [0.1, 0.15) is 27.2 Å². The van der Waals surface area contributed by atoms with Crippen LogP contribution in [0.2, 0.25) is 0 Å². The zero-order valence-corrected chi connectivity index (χ0v) is 6.39. The van der Waals surface area contributed by atoms with Crippen molar-refractivity contribution in [2.24, 2.45) is 5.92 Å². The van der Waals surface area contributed by atoms with Crippen molar-refractivity contribution in [2.45, 2.75) is 33.4 Å². The Morgan fingerprint density at radius 2 is 1.89 bits per heavy atom. The first-order valence-electron chi connectivity index (χ1n) is 3.43. The minimum absolute atomic E-state index is 0.545. The van der Waals surface area contributed by atoms with Crippen LogP contribution in [-0.4, -0.2) is 6.17 Å². The van der Waals surface area contributed by atoms with Gasteiger partial charge in [0.2, 0.25) is 0 Å². The van der Waals surface area contributed by atoms with Crippen LogP contribution in [0.4, 0.5) is 4.39 Å². The molecular formula is C8H15F. The van der Waals surface area contributed by atoms with E-state index in [1.54, 1.807) is 6.92 Å². The van der Waals surface area contributed by atoms with Crippen molar-refractivity contribution in [1.29, 1.82) is 0 Å². The fourth-order valence-electron chi connectivity index (χ4n) is 0.538. The second-order valence-electron chi connectivity index (χ2n) is 2.69. The van der Waals surface area contributed by atoms with Crippen LogP contribution in [-0.2, 0) is 0 Å². The molecular weight excluding hydrogens is 115 g/mol. The molecule has 0 aliphatic carbocycles. The zero-order chi connectivity index (χ0) is 7.28. The number of alkyl halides is 1. The molecule has 0 saturated heterocycles. The third-order valence-electron chi connectivity index (χ3n) is 0.982. The monoisotopic (exact) mass is 130 g/mol. The third kappa shape index (κ3) is 7.67. The van der Waals surface area contributed by atoms with Gasteiger partial charge in [-0.05, 0) is 19.3 Å². The molecule has 0 aliphatic heterocycles. The second kappa shape index (κ2) is 4.54. The molecule has 0 nitrogen and oxygen atoms in total. The van der Waals surface area contributed by atoms with Gasteiger partial charge in [-0.3, -0.25) is 0 Å². The van der Waals surface area contributed by atoms with Gasteiger partial charge < -0.3 is 0 Å². The van der Waals surface area contributed by atoms with E-state index < -0.39 is 6.17 Å². The predicted octanol–water partition coefficient (Wildman–Crippen LogP) is 2.95. The van der Waals surface area contributed by atoms with Crippen molar-refractivity contribution in [3.8, 4) is 0 Å². The Balaban J connectivity index is 3.25. The Bertz CT molecular complexity index is 82.6. The van der Waals surface area contributed by atoms with Gasteiger partial charge in [-0.15, -0.1) is 0 Å². The van der Waals surface area contributed by atoms with Crippen LogP contribution in [0.3, 0.4) is 0 Å². The summed E-state index contributed by atoms with van der Waals surface area (Å²) < 4.78 is 12.1. The molecule has 1 heteroatoms. The van der Waals surface area contributed by atoms with Crippen LogP contribution < -0.4 is 0 Å². The van der Waals surface area contributed by atoms with Crippen molar-refractivity contribution in [2.75, 3.05) is 0 Å². The van der Waals surface area contributed by atoms with Crippen LogP contribution in [0.15, 0.2) is 12.2 Å². The van der Waals surface area contributed by atoms with Crippen molar-refractivity contribution in [3.63, 3.8) is 0 Å². The molecule has 0 aliphatic rings. The lowest BCUT2D eigenvalue weighted by Crippen LogP contribution is -1.88. The van der Waals surface area contributed by atoms with Crippen LogP contribution in [0.25, 0.3) is 0 Å². The van der Waals surface area contributed by atoms with Crippen molar-refractivity contribution < 1.29 is 4.39 Å². The van der Waals surface area contributed by atoms with Gasteiger partial charge in [0.1, 0.15) is 6.17 Å². The first-order valence-corrected chi connectivity index (χ1v) is 3.43. The molecule has 0 saturated carbocycles. The minimum Gasteiger partial charge on any atom is -0.247 e. The maximum Gasteiger partial charge on any atom is 0.101 e. The molecule has 0 fully saturated rings. The lowest BCUT2D eigenvalue weighted by atomic mass is 10.2. The lowest BCUT2D eigenvalue weighted by Gasteiger charge is -1.95. The van der Waals surface area contributed by atoms with Crippen molar-refractivity contribution >= 4 is 0 Å². The number of rotatable bonds is 3. The normalized spacial score (nSPS) is 15.2. The Hall–Kier alpha value is -0.330.